The molecule has 106 valence electrons. The number of hydrogen-bond donors (Lipinski definition) is 2. The topological polar surface area (TPSA) is 92.7 Å². The lowest BCUT2D eigenvalue weighted by Gasteiger charge is -2.10. The molecule has 1 unspecified atom stereocenters. The first-order chi connectivity index (χ1) is 8.49. The van der Waals surface area contributed by atoms with Crippen LogP contribution in [-0.2, 0) is 19.6 Å². The lowest BCUT2D eigenvalue weighted by atomic mass is 10.2. The molecule has 0 aromatic heterocycles. The molecule has 0 saturated carbocycles. The number of aliphatic carboxylic acids is 1. The Balaban J connectivity index is 2.07. The van der Waals surface area contributed by atoms with Gasteiger partial charge in [-0.15, -0.1) is 0 Å². The Bertz CT molecular complexity index is 348. The summed E-state index contributed by atoms with van der Waals surface area (Å²) in [4.78, 5) is 10.3. The number of ether oxygens (including phenoxy) is 1. The first-order valence-electron chi connectivity index (χ1n) is 6.30. The molecule has 1 atom stereocenters. The molecule has 18 heavy (non-hydrogen) atoms. The van der Waals surface area contributed by atoms with E-state index in [2.05, 4.69) is 4.72 Å². The van der Waals surface area contributed by atoms with Gasteiger partial charge < -0.3 is 9.84 Å². The Morgan fingerprint density at radius 2 is 2.11 bits per heavy atom. The number of hydrogen-bond acceptors (Lipinski definition) is 4. The molecule has 7 heteroatoms. The summed E-state index contributed by atoms with van der Waals surface area (Å²) in [5, 5.41) is 8.43. The smallest absolute Gasteiger partial charge is 0.303 e. The summed E-state index contributed by atoms with van der Waals surface area (Å²) in [6, 6.07) is 0. The molecule has 0 aliphatic carbocycles. The van der Waals surface area contributed by atoms with Crippen molar-refractivity contribution in [2.24, 2.45) is 0 Å². The van der Waals surface area contributed by atoms with Crippen molar-refractivity contribution in [2.75, 3.05) is 18.9 Å². The molecule has 0 aromatic carbocycles. The summed E-state index contributed by atoms with van der Waals surface area (Å²) >= 11 is 0. The second kappa shape index (κ2) is 7.70. The van der Waals surface area contributed by atoms with Gasteiger partial charge in [-0.3, -0.25) is 4.79 Å². The Morgan fingerprint density at radius 1 is 1.33 bits per heavy atom. The molecule has 1 fully saturated rings. The molecule has 2 N–H and O–H groups in total. The predicted molar refractivity (Wildman–Crippen MR) is 66.9 cm³/mol. The summed E-state index contributed by atoms with van der Waals surface area (Å²) in [6.07, 6.45) is 3.67. The number of sulfonamides is 1. The standard InChI is InChI=1S/C11H21NO5S/c13-11(14)6-2-1-3-7-12-18(15,16)9-10-5-4-8-17-10/h10,12H,1-9H2,(H,13,14). The molecule has 1 rings (SSSR count). The fourth-order valence-electron chi connectivity index (χ4n) is 1.89. The van der Waals surface area contributed by atoms with Gasteiger partial charge >= 0.3 is 5.97 Å². The molecule has 0 aromatic rings. The van der Waals surface area contributed by atoms with Crippen LogP contribution in [-0.4, -0.2) is 44.5 Å². The van der Waals surface area contributed by atoms with Crippen LogP contribution in [0.1, 0.15) is 38.5 Å². The molecule has 6 nitrogen and oxygen atoms in total. The summed E-state index contributed by atoms with van der Waals surface area (Å²) in [5.41, 5.74) is 0. The molecule has 0 spiro atoms. The van der Waals surface area contributed by atoms with Gasteiger partial charge in [0, 0.05) is 19.6 Å². The van der Waals surface area contributed by atoms with E-state index in [0.717, 1.165) is 19.3 Å². The number of carbonyl (C=O) groups is 1. The Labute approximate surface area is 108 Å². The minimum absolute atomic E-state index is 0.0299. The van der Waals surface area contributed by atoms with Crippen molar-refractivity contribution in [1.82, 2.24) is 4.72 Å². The third-order valence-corrected chi connectivity index (χ3v) is 4.27. The maximum absolute atomic E-state index is 11.6. The van der Waals surface area contributed by atoms with Crippen molar-refractivity contribution in [2.45, 2.75) is 44.6 Å². The van der Waals surface area contributed by atoms with Crippen LogP contribution in [0, 0.1) is 0 Å². The second-order valence-electron chi connectivity index (χ2n) is 4.52. The molecule has 0 radical (unpaired) electrons. The van der Waals surface area contributed by atoms with Gasteiger partial charge in [0.15, 0.2) is 0 Å². The van der Waals surface area contributed by atoms with Crippen LogP contribution in [0.3, 0.4) is 0 Å². The van der Waals surface area contributed by atoms with Crippen LogP contribution in [0.25, 0.3) is 0 Å². The highest BCUT2D eigenvalue weighted by Gasteiger charge is 2.22. The van der Waals surface area contributed by atoms with E-state index in [0.29, 0.717) is 26.0 Å². The molecule has 1 saturated heterocycles. The summed E-state index contributed by atoms with van der Waals surface area (Å²) in [5.74, 6) is -0.781. The third-order valence-electron chi connectivity index (χ3n) is 2.82. The second-order valence-corrected chi connectivity index (χ2v) is 6.37. The van der Waals surface area contributed by atoms with E-state index >= 15 is 0 Å². The van der Waals surface area contributed by atoms with E-state index in [-0.39, 0.29) is 18.3 Å². The zero-order valence-electron chi connectivity index (χ0n) is 10.4. The SMILES string of the molecule is O=C(O)CCCCCNS(=O)(=O)CC1CCCO1. The molecule has 1 heterocycles. The van der Waals surface area contributed by atoms with Crippen molar-refractivity contribution < 1.29 is 23.1 Å². The number of carboxylic acid groups (broad SMARTS) is 1. The van der Waals surface area contributed by atoms with Crippen LogP contribution < -0.4 is 4.72 Å². The van der Waals surface area contributed by atoms with Crippen LogP contribution in [0.2, 0.25) is 0 Å². The highest BCUT2D eigenvalue weighted by molar-refractivity contribution is 7.89. The average molecular weight is 279 g/mol. The van der Waals surface area contributed by atoms with Crippen molar-refractivity contribution in [3.8, 4) is 0 Å². The Morgan fingerprint density at radius 3 is 2.72 bits per heavy atom. The molecule has 0 amide bonds. The number of carboxylic acids is 1. The molecular weight excluding hydrogens is 258 g/mol. The van der Waals surface area contributed by atoms with Crippen LogP contribution in [0.4, 0.5) is 0 Å². The maximum atomic E-state index is 11.6. The van der Waals surface area contributed by atoms with Crippen molar-refractivity contribution >= 4 is 16.0 Å². The molecule has 1 aliphatic rings. The number of nitrogens with one attached hydrogen (secondary N) is 1. The minimum Gasteiger partial charge on any atom is -0.481 e. The van der Waals surface area contributed by atoms with Crippen molar-refractivity contribution in [3.05, 3.63) is 0 Å². The average Bonchev–Trinajstić information content (AvgIpc) is 2.74. The van der Waals surface area contributed by atoms with Gasteiger partial charge in [0.2, 0.25) is 10.0 Å². The molecular formula is C11H21NO5S. The summed E-state index contributed by atoms with van der Waals surface area (Å²) in [7, 11) is -3.26. The quantitative estimate of drug-likeness (QED) is 0.607. The lowest BCUT2D eigenvalue weighted by Crippen LogP contribution is -2.32. The van der Waals surface area contributed by atoms with E-state index in [4.69, 9.17) is 9.84 Å². The monoisotopic (exact) mass is 279 g/mol. The van der Waals surface area contributed by atoms with Gasteiger partial charge in [0.25, 0.3) is 0 Å². The van der Waals surface area contributed by atoms with Gasteiger partial charge in [0.05, 0.1) is 11.9 Å². The zero-order valence-corrected chi connectivity index (χ0v) is 11.2. The first-order valence-corrected chi connectivity index (χ1v) is 7.95. The highest BCUT2D eigenvalue weighted by Crippen LogP contribution is 2.13. The van der Waals surface area contributed by atoms with E-state index in [1.54, 1.807) is 0 Å². The highest BCUT2D eigenvalue weighted by atomic mass is 32.2. The van der Waals surface area contributed by atoms with Crippen LogP contribution in [0.5, 0.6) is 0 Å². The Kier molecular flexibility index (Phi) is 6.59. The number of unbranched alkanes of at least 4 members (excludes halogenated alkanes) is 2. The summed E-state index contributed by atoms with van der Waals surface area (Å²) < 4.78 is 31.1. The predicted octanol–water partition coefficient (Wildman–Crippen LogP) is 0.730. The zero-order chi connectivity index (χ0) is 13.4. The van der Waals surface area contributed by atoms with Gasteiger partial charge in [-0.05, 0) is 25.7 Å². The number of rotatable bonds is 9. The lowest BCUT2D eigenvalue weighted by molar-refractivity contribution is -0.137. The molecule has 0 bridgehead atoms. The Hall–Kier alpha value is -0.660. The normalized spacial score (nSPS) is 20.1. The van der Waals surface area contributed by atoms with Crippen LogP contribution >= 0.6 is 0 Å². The largest absolute Gasteiger partial charge is 0.481 e. The van der Waals surface area contributed by atoms with Gasteiger partial charge in [-0.25, -0.2) is 13.1 Å². The van der Waals surface area contributed by atoms with Crippen LogP contribution in [0.15, 0.2) is 0 Å². The van der Waals surface area contributed by atoms with Crippen molar-refractivity contribution in [3.63, 3.8) is 0 Å². The maximum Gasteiger partial charge on any atom is 0.303 e. The van der Waals surface area contributed by atoms with E-state index < -0.39 is 16.0 Å². The van der Waals surface area contributed by atoms with Gasteiger partial charge in [-0.1, -0.05) is 6.42 Å². The fourth-order valence-corrected chi connectivity index (χ4v) is 3.21. The minimum atomic E-state index is -3.26. The molecule has 1 aliphatic heterocycles. The van der Waals surface area contributed by atoms with Gasteiger partial charge in [-0.2, -0.15) is 0 Å². The third kappa shape index (κ3) is 6.93. The van der Waals surface area contributed by atoms with E-state index in [9.17, 15) is 13.2 Å². The van der Waals surface area contributed by atoms with E-state index in [1.807, 2.05) is 0 Å². The first kappa shape index (κ1) is 15.4. The van der Waals surface area contributed by atoms with E-state index in [1.165, 1.54) is 0 Å². The van der Waals surface area contributed by atoms with Gasteiger partial charge in [0.1, 0.15) is 0 Å². The summed E-state index contributed by atoms with van der Waals surface area (Å²) in [6.45, 7) is 1.02. The van der Waals surface area contributed by atoms with Crippen molar-refractivity contribution in [1.29, 1.82) is 0 Å². The fraction of sp³-hybridized carbons (Fsp3) is 0.909.